The number of aliphatic hydroxyl groups is 5. The van der Waals surface area contributed by atoms with E-state index in [9.17, 15) is 40.9 Å². The molecule has 0 saturated carbocycles. The van der Waals surface area contributed by atoms with Gasteiger partial charge in [-0.05, 0) is 18.2 Å². The summed E-state index contributed by atoms with van der Waals surface area (Å²) in [6.45, 7) is -0.646. The van der Waals surface area contributed by atoms with Crippen LogP contribution in [0.3, 0.4) is 0 Å². The van der Waals surface area contributed by atoms with Gasteiger partial charge in [-0.25, -0.2) is 0 Å². The molecule has 11 heteroatoms. The highest BCUT2D eigenvalue weighted by Crippen LogP contribution is 2.46. The summed E-state index contributed by atoms with van der Waals surface area (Å²) < 4.78 is 15.6. The van der Waals surface area contributed by atoms with Crippen molar-refractivity contribution in [3.8, 4) is 28.7 Å². The molecule has 2 aliphatic rings. The van der Waals surface area contributed by atoms with E-state index < -0.39 is 49.2 Å². The fraction of sp³-hybridized carbons (Fsp3) is 0.333. The molecule has 1 saturated heterocycles. The van der Waals surface area contributed by atoms with Gasteiger partial charge >= 0.3 is 0 Å². The van der Waals surface area contributed by atoms with Gasteiger partial charge in [-0.1, -0.05) is 0 Å². The Kier molecular flexibility index (Phi) is 5.75. The summed E-state index contributed by atoms with van der Waals surface area (Å²) in [6.07, 6.45) is -7.22. The molecule has 11 nitrogen and oxygen atoms in total. The second kappa shape index (κ2) is 8.37. The molecule has 2 heterocycles. The summed E-state index contributed by atoms with van der Waals surface area (Å²) in [4.78, 5) is 0. The average Bonchev–Trinajstić information content (AvgIpc) is 2.76. The molecule has 2 aromatic rings. The monoisotopic (exact) mass is 451 g/mol. The van der Waals surface area contributed by atoms with Gasteiger partial charge in [-0.3, -0.25) is 0 Å². The van der Waals surface area contributed by atoms with Crippen molar-refractivity contribution in [2.75, 3.05) is 6.61 Å². The molecular formula is C21H23O11+. The predicted molar refractivity (Wildman–Crippen MR) is 107 cm³/mol. The minimum Gasteiger partial charge on any atom is -0.571 e. The van der Waals surface area contributed by atoms with Crippen molar-refractivity contribution in [1.82, 2.24) is 0 Å². The van der Waals surface area contributed by atoms with E-state index in [1.165, 1.54) is 30.3 Å². The van der Waals surface area contributed by atoms with Gasteiger partial charge in [0.1, 0.15) is 41.5 Å². The fourth-order valence-electron chi connectivity index (χ4n) is 3.63. The van der Waals surface area contributed by atoms with Gasteiger partial charge in [0.25, 0.3) is 11.9 Å². The highest BCUT2D eigenvalue weighted by Gasteiger charge is 2.46. The normalized spacial score (nSPS) is 29.6. The number of ether oxygens (including phenoxy) is 3. The summed E-state index contributed by atoms with van der Waals surface area (Å²) in [5.74, 6) is -1.08. The molecule has 0 amide bonds. The van der Waals surface area contributed by atoms with Gasteiger partial charge in [-0.15, -0.1) is 0 Å². The second-order valence-electron chi connectivity index (χ2n) is 7.54. The van der Waals surface area contributed by atoms with Crippen LogP contribution in [0.2, 0.25) is 0 Å². The zero-order valence-corrected chi connectivity index (χ0v) is 16.5. The van der Waals surface area contributed by atoms with E-state index in [2.05, 4.69) is 4.74 Å². The van der Waals surface area contributed by atoms with Gasteiger partial charge in [0, 0.05) is 12.1 Å². The summed E-state index contributed by atoms with van der Waals surface area (Å²) in [5, 5.41) is 79.3. The van der Waals surface area contributed by atoms with Crippen LogP contribution < -0.4 is 0 Å². The van der Waals surface area contributed by atoms with Crippen LogP contribution in [-0.4, -0.2) is 82.9 Å². The zero-order valence-electron chi connectivity index (χ0n) is 16.5. The predicted octanol–water partition coefficient (Wildman–Crippen LogP) is -0.337. The maximum absolute atomic E-state index is 10.3. The summed E-state index contributed by atoms with van der Waals surface area (Å²) >= 11 is 0. The van der Waals surface area contributed by atoms with Crippen molar-refractivity contribution < 1.29 is 55.1 Å². The van der Waals surface area contributed by atoms with Crippen LogP contribution in [0.5, 0.6) is 28.7 Å². The van der Waals surface area contributed by atoms with Crippen molar-refractivity contribution in [1.29, 1.82) is 0 Å². The molecule has 4 rings (SSSR count). The number of aromatic hydroxyl groups is 5. The van der Waals surface area contributed by atoms with Crippen LogP contribution in [0.15, 0.2) is 36.1 Å². The van der Waals surface area contributed by atoms with Gasteiger partial charge in [-0.2, -0.15) is 0 Å². The first-order chi connectivity index (χ1) is 15.2. The maximum atomic E-state index is 10.3. The van der Waals surface area contributed by atoms with E-state index in [1.54, 1.807) is 0 Å². The first-order valence-electron chi connectivity index (χ1n) is 9.67. The molecule has 0 spiro atoms. The van der Waals surface area contributed by atoms with Gasteiger partial charge in [0.2, 0.25) is 6.29 Å². The number of phenolic OH excluding ortho intramolecular Hbond substituents is 4. The van der Waals surface area contributed by atoms with Crippen molar-refractivity contribution in [3.05, 3.63) is 47.2 Å². The topological polar surface area (TPSA) is 193 Å². The Morgan fingerprint density at radius 3 is 2.31 bits per heavy atom. The van der Waals surface area contributed by atoms with E-state index >= 15 is 0 Å². The summed E-state index contributed by atoms with van der Waals surface area (Å²) in [6, 6.07) is 6.34. The third-order valence-corrected chi connectivity index (χ3v) is 5.36. The lowest BCUT2D eigenvalue weighted by Gasteiger charge is -2.40. The van der Waals surface area contributed by atoms with Gasteiger partial charge < -0.3 is 55.1 Å². The van der Waals surface area contributed by atoms with Crippen LogP contribution in [-0.2, 0) is 9.47 Å². The number of benzene rings is 2. The molecule has 32 heavy (non-hydrogen) atoms. The number of phenols is 4. The number of hydrogen-bond donors (Lipinski definition) is 8. The number of fused-ring (bicyclic) bond motifs is 1. The van der Waals surface area contributed by atoms with E-state index in [0.717, 1.165) is 6.07 Å². The van der Waals surface area contributed by atoms with Crippen molar-refractivity contribution >= 4 is 6.08 Å². The fourth-order valence-corrected chi connectivity index (χ4v) is 3.63. The SMILES string of the molecule is OCC1O[C@@H](OC2=Cc3c(O)cc(O)cc3[OH+]C2c2ccc(O)c(O)c2)C(O)C(O)[C@H]1O. The maximum Gasteiger partial charge on any atom is 0.270 e. The number of hydrogen-bond acceptors (Lipinski definition) is 10. The molecular weight excluding hydrogens is 428 g/mol. The molecule has 172 valence electrons. The second-order valence-corrected chi connectivity index (χ2v) is 7.54. The Labute approximate surface area is 181 Å². The number of aliphatic hydroxyl groups excluding tert-OH is 4. The minimum absolute atomic E-state index is 0.0212. The quantitative estimate of drug-likeness (QED) is 0.225. The Morgan fingerprint density at radius 1 is 0.875 bits per heavy atom. The first kappa shape index (κ1) is 22.0. The summed E-state index contributed by atoms with van der Waals surface area (Å²) in [7, 11) is 0. The minimum atomic E-state index is -1.68. The molecule has 0 aromatic heterocycles. The molecule has 0 radical (unpaired) electrons. The third kappa shape index (κ3) is 3.87. The Bertz CT molecular complexity index is 1030. The van der Waals surface area contributed by atoms with Gasteiger partial charge in [0.05, 0.1) is 18.2 Å². The molecule has 0 aliphatic carbocycles. The molecule has 0 bridgehead atoms. The molecule has 9 N–H and O–H groups in total. The number of rotatable bonds is 4. The molecule has 1 fully saturated rings. The van der Waals surface area contributed by atoms with E-state index in [0.29, 0.717) is 5.56 Å². The Balaban J connectivity index is 1.74. The lowest BCUT2D eigenvalue weighted by molar-refractivity contribution is -0.295. The molecule has 6 atom stereocenters. The molecule has 2 aliphatic heterocycles. The van der Waals surface area contributed by atoms with E-state index in [4.69, 9.17) is 9.47 Å². The largest absolute Gasteiger partial charge is 0.571 e. The van der Waals surface area contributed by atoms with Gasteiger partial charge in [0.15, 0.2) is 17.3 Å². The lowest BCUT2D eigenvalue weighted by atomic mass is 9.98. The van der Waals surface area contributed by atoms with Crippen LogP contribution in [0.1, 0.15) is 17.2 Å². The zero-order chi connectivity index (χ0) is 23.2. The first-order valence-corrected chi connectivity index (χ1v) is 9.67. The van der Waals surface area contributed by atoms with Crippen LogP contribution in [0.25, 0.3) is 6.08 Å². The molecule has 4 unspecified atom stereocenters. The van der Waals surface area contributed by atoms with Crippen molar-refractivity contribution in [3.63, 3.8) is 0 Å². The standard InChI is InChI=1S/C21H22O11/c22-7-16-17(27)18(28)19(29)21(32-16)31-15-6-10-12(25)4-9(23)5-14(10)30-20(15)8-1-2-11(24)13(26)3-8/h1-6,16-29H,7H2/p+1/t16?,17-,18?,19?,20?,21+/m0/s1. The average molecular weight is 451 g/mol. The van der Waals surface area contributed by atoms with E-state index in [-0.39, 0.29) is 34.3 Å². The highest BCUT2D eigenvalue weighted by atomic mass is 16.7. The molecule has 2 aromatic carbocycles. The third-order valence-electron chi connectivity index (χ3n) is 5.36. The summed E-state index contributed by atoms with van der Waals surface area (Å²) in [5.41, 5.74) is 0.547. The van der Waals surface area contributed by atoms with Crippen molar-refractivity contribution in [2.45, 2.75) is 36.8 Å². The smallest absolute Gasteiger partial charge is 0.270 e. The van der Waals surface area contributed by atoms with Crippen LogP contribution >= 0.6 is 0 Å². The van der Waals surface area contributed by atoms with E-state index in [1.807, 2.05) is 0 Å². The van der Waals surface area contributed by atoms with Crippen LogP contribution in [0.4, 0.5) is 0 Å². The Morgan fingerprint density at radius 2 is 1.62 bits per heavy atom. The lowest BCUT2D eigenvalue weighted by Crippen LogP contribution is -2.59. The highest BCUT2D eigenvalue weighted by molar-refractivity contribution is 5.69. The Hall–Kier alpha value is -3.22. The van der Waals surface area contributed by atoms with Crippen LogP contribution in [0, 0.1) is 0 Å². The van der Waals surface area contributed by atoms with Crippen molar-refractivity contribution in [2.24, 2.45) is 0 Å².